The van der Waals surface area contributed by atoms with Gasteiger partial charge < -0.3 is 11.1 Å². The fourth-order valence-corrected chi connectivity index (χ4v) is 3.38. The van der Waals surface area contributed by atoms with E-state index in [1.807, 2.05) is 0 Å². The number of nitrogens with zero attached hydrogens (tertiary/aromatic N) is 1. The first-order valence-corrected chi connectivity index (χ1v) is 9.01. The highest BCUT2D eigenvalue weighted by atomic mass is 32.2. The lowest BCUT2D eigenvalue weighted by molar-refractivity contribution is -0.137. The summed E-state index contributed by atoms with van der Waals surface area (Å²) >= 11 is 0. The van der Waals surface area contributed by atoms with Crippen LogP contribution in [0, 0.1) is 5.92 Å². The smallest absolute Gasteiger partial charge is 0.326 e. The molecule has 0 atom stereocenters. The van der Waals surface area contributed by atoms with E-state index >= 15 is 0 Å². The van der Waals surface area contributed by atoms with E-state index in [2.05, 4.69) is 5.32 Å². The molecule has 0 saturated carbocycles. The van der Waals surface area contributed by atoms with E-state index in [1.165, 1.54) is 6.07 Å². The van der Waals surface area contributed by atoms with Gasteiger partial charge in [-0.15, -0.1) is 0 Å². The number of amides is 1. The third-order valence-corrected chi connectivity index (χ3v) is 5.09. The first-order chi connectivity index (χ1) is 11.5. The van der Waals surface area contributed by atoms with Crippen molar-refractivity contribution in [3.63, 3.8) is 0 Å². The van der Waals surface area contributed by atoms with E-state index < -0.39 is 33.8 Å². The Labute approximate surface area is 143 Å². The van der Waals surface area contributed by atoms with Gasteiger partial charge in [0.2, 0.25) is 5.91 Å². The van der Waals surface area contributed by atoms with Crippen LogP contribution >= 0.6 is 0 Å². The van der Waals surface area contributed by atoms with Crippen LogP contribution in [0.1, 0.15) is 24.0 Å². The lowest BCUT2D eigenvalue weighted by atomic mass is 9.97. The topological polar surface area (TPSA) is 119 Å². The molecule has 0 aliphatic carbocycles. The van der Waals surface area contributed by atoms with Crippen molar-refractivity contribution >= 4 is 21.8 Å². The Morgan fingerprint density at radius 1 is 1.24 bits per heavy atom. The number of carbonyl (C=O) groups excluding carboxylic acids is 1. The molecule has 1 aliphatic rings. The second kappa shape index (κ2) is 7.28. The summed E-state index contributed by atoms with van der Waals surface area (Å²) in [5, 5.41) is 7.48. The number of hydrogen-bond acceptors (Lipinski definition) is 4. The molecule has 0 unspecified atom stereocenters. The Kier molecular flexibility index (Phi) is 5.72. The van der Waals surface area contributed by atoms with Gasteiger partial charge in [-0.1, -0.05) is 0 Å². The first kappa shape index (κ1) is 19.6. The molecular formula is C14H19F3N4O3S. The SMILES string of the molecule is NCc1cc(NC(=O)C2CCN(S(N)(=O)=O)CC2)cc(C(F)(F)F)c1. The number of alkyl halides is 3. The molecule has 1 aromatic carbocycles. The molecule has 25 heavy (non-hydrogen) atoms. The third kappa shape index (κ3) is 5.14. The molecule has 1 aliphatic heterocycles. The van der Waals surface area contributed by atoms with Crippen molar-refractivity contribution in [2.24, 2.45) is 16.8 Å². The van der Waals surface area contributed by atoms with Gasteiger partial charge in [0.25, 0.3) is 10.2 Å². The average molecular weight is 380 g/mol. The van der Waals surface area contributed by atoms with Gasteiger partial charge in [0, 0.05) is 31.2 Å². The largest absolute Gasteiger partial charge is 0.416 e. The molecule has 0 spiro atoms. The van der Waals surface area contributed by atoms with E-state index in [0.717, 1.165) is 16.4 Å². The van der Waals surface area contributed by atoms with Crippen LogP contribution in [0.5, 0.6) is 0 Å². The van der Waals surface area contributed by atoms with E-state index in [4.69, 9.17) is 10.9 Å². The monoisotopic (exact) mass is 380 g/mol. The first-order valence-electron chi connectivity index (χ1n) is 7.50. The fourth-order valence-electron chi connectivity index (χ4n) is 2.66. The van der Waals surface area contributed by atoms with Crippen LogP contribution < -0.4 is 16.2 Å². The molecular weight excluding hydrogens is 361 g/mol. The van der Waals surface area contributed by atoms with Crippen molar-refractivity contribution in [3.05, 3.63) is 29.3 Å². The van der Waals surface area contributed by atoms with Crippen LogP contribution in [0.15, 0.2) is 18.2 Å². The number of carbonyl (C=O) groups is 1. The minimum atomic E-state index is -4.55. The maximum Gasteiger partial charge on any atom is 0.416 e. The minimum Gasteiger partial charge on any atom is -0.326 e. The average Bonchev–Trinajstić information content (AvgIpc) is 2.53. The van der Waals surface area contributed by atoms with E-state index in [1.54, 1.807) is 0 Å². The van der Waals surface area contributed by atoms with Crippen molar-refractivity contribution in [1.29, 1.82) is 0 Å². The lowest BCUT2D eigenvalue weighted by Gasteiger charge is -2.29. The molecule has 0 aromatic heterocycles. The van der Waals surface area contributed by atoms with Crippen LogP contribution in [0.25, 0.3) is 0 Å². The molecule has 5 N–H and O–H groups in total. The second-order valence-electron chi connectivity index (χ2n) is 5.83. The summed E-state index contributed by atoms with van der Waals surface area (Å²) in [5.41, 5.74) is 4.77. The van der Waals surface area contributed by atoms with Gasteiger partial charge in [-0.3, -0.25) is 4.79 Å². The Morgan fingerprint density at radius 3 is 2.32 bits per heavy atom. The molecule has 7 nitrogen and oxygen atoms in total. The number of anilines is 1. The summed E-state index contributed by atoms with van der Waals surface area (Å²) in [7, 11) is -3.80. The molecule has 11 heteroatoms. The lowest BCUT2D eigenvalue weighted by Crippen LogP contribution is -2.44. The highest BCUT2D eigenvalue weighted by molar-refractivity contribution is 7.86. The van der Waals surface area contributed by atoms with Gasteiger partial charge in [0.15, 0.2) is 0 Å². The normalized spacial score (nSPS) is 17.5. The number of rotatable bonds is 4. The third-order valence-electron chi connectivity index (χ3n) is 4.01. The molecule has 0 radical (unpaired) electrons. The van der Waals surface area contributed by atoms with Crippen molar-refractivity contribution in [1.82, 2.24) is 4.31 Å². The molecule has 1 fully saturated rings. The van der Waals surface area contributed by atoms with E-state index in [-0.39, 0.29) is 43.7 Å². The summed E-state index contributed by atoms with van der Waals surface area (Å²) in [5.74, 6) is -0.967. The van der Waals surface area contributed by atoms with Gasteiger partial charge >= 0.3 is 6.18 Å². The molecule has 140 valence electrons. The molecule has 1 heterocycles. The molecule has 0 bridgehead atoms. The second-order valence-corrected chi connectivity index (χ2v) is 7.37. The standard InChI is InChI=1S/C14H19F3N4O3S/c15-14(16,17)11-5-9(8-18)6-12(7-11)20-13(22)10-1-3-21(4-2-10)25(19,23)24/h5-7,10H,1-4,8,18H2,(H,20,22)(H2,19,23,24). The van der Waals surface area contributed by atoms with Crippen molar-refractivity contribution in [2.75, 3.05) is 18.4 Å². The van der Waals surface area contributed by atoms with Crippen molar-refractivity contribution in [2.45, 2.75) is 25.6 Å². The summed E-state index contributed by atoms with van der Waals surface area (Å²) in [6.07, 6.45) is -4.07. The molecule has 1 aromatic rings. The number of halogens is 3. The molecule has 1 saturated heterocycles. The van der Waals surface area contributed by atoms with Gasteiger partial charge in [-0.05, 0) is 36.6 Å². The van der Waals surface area contributed by atoms with Crippen molar-refractivity contribution < 1.29 is 26.4 Å². The quantitative estimate of drug-likeness (QED) is 0.722. The molecule has 1 amide bonds. The Morgan fingerprint density at radius 2 is 1.84 bits per heavy atom. The maximum atomic E-state index is 12.9. The summed E-state index contributed by atoms with van der Waals surface area (Å²) < 4.78 is 62.3. The predicted molar refractivity (Wildman–Crippen MR) is 85.4 cm³/mol. The summed E-state index contributed by atoms with van der Waals surface area (Å²) in [6.45, 7) is 0.0840. The zero-order valence-electron chi connectivity index (χ0n) is 13.2. The highest BCUT2D eigenvalue weighted by Crippen LogP contribution is 2.32. The van der Waals surface area contributed by atoms with Gasteiger partial charge in [-0.25, -0.2) is 5.14 Å². The summed E-state index contributed by atoms with van der Waals surface area (Å²) in [4.78, 5) is 12.3. The number of hydrogen-bond donors (Lipinski definition) is 3. The van der Waals surface area contributed by atoms with Crippen LogP contribution in [-0.4, -0.2) is 31.7 Å². The van der Waals surface area contributed by atoms with E-state index in [0.29, 0.717) is 0 Å². The zero-order valence-corrected chi connectivity index (χ0v) is 14.0. The van der Waals surface area contributed by atoms with Crippen LogP contribution in [0.2, 0.25) is 0 Å². The number of nitrogens with two attached hydrogens (primary N) is 2. The minimum absolute atomic E-state index is 0.00847. The van der Waals surface area contributed by atoms with Gasteiger partial charge in [0.05, 0.1) is 5.56 Å². The van der Waals surface area contributed by atoms with Gasteiger partial charge in [-0.2, -0.15) is 25.9 Å². The maximum absolute atomic E-state index is 12.9. The zero-order chi connectivity index (χ0) is 18.8. The van der Waals surface area contributed by atoms with Crippen LogP contribution in [0.3, 0.4) is 0 Å². The Balaban J connectivity index is 2.08. The highest BCUT2D eigenvalue weighted by Gasteiger charge is 2.32. The van der Waals surface area contributed by atoms with E-state index in [9.17, 15) is 26.4 Å². The predicted octanol–water partition coefficient (Wildman–Crippen LogP) is 1.02. The Bertz CT molecular complexity index is 744. The van der Waals surface area contributed by atoms with Crippen molar-refractivity contribution in [3.8, 4) is 0 Å². The number of nitrogens with one attached hydrogen (secondary N) is 1. The number of benzene rings is 1. The van der Waals surface area contributed by atoms with Crippen LogP contribution in [0.4, 0.5) is 18.9 Å². The fraction of sp³-hybridized carbons (Fsp3) is 0.500. The molecule has 2 rings (SSSR count). The van der Waals surface area contributed by atoms with Gasteiger partial charge in [0.1, 0.15) is 0 Å². The summed E-state index contributed by atoms with van der Waals surface area (Å²) in [6, 6.07) is 3.16. The van der Waals surface area contributed by atoms with Crippen LogP contribution in [-0.2, 0) is 27.7 Å². The Hall–Kier alpha value is -1.69. The number of piperidine rings is 1.